The van der Waals surface area contributed by atoms with Crippen LogP contribution in [0.4, 0.5) is 0 Å². The van der Waals surface area contributed by atoms with E-state index in [-0.39, 0.29) is 93.9 Å². The van der Waals surface area contributed by atoms with Crippen molar-refractivity contribution in [2.75, 3.05) is 0 Å². The van der Waals surface area contributed by atoms with E-state index in [0.29, 0.717) is 44.5 Å². The van der Waals surface area contributed by atoms with Gasteiger partial charge in [-0.15, -0.1) is 0 Å². The summed E-state index contributed by atoms with van der Waals surface area (Å²) in [5.41, 5.74) is 3.83. The fourth-order valence-corrected chi connectivity index (χ4v) is 7.86. The molecule has 0 unspecified atom stereocenters. The second kappa shape index (κ2) is 19.4. The van der Waals surface area contributed by atoms with Crippen LogP contribution in [-0.4, -0.2) is 47.8 Å². The van der Waals surface area contributed by atoms with Crippen LogP contribution in [0.3, 0.4) is 0 Å². The second-order valence-electron chi connectivity index (χ2n) is 15.4. The molecule has 0 aliphatic heterocycles. The smallest absolute Gasteiger partial charge is 0.308 e. The van der Waals surface area contributed by atoms with E-state index in [1.54, 1.807) is 52.0 Å². The fourth-order valence-electron chi connectivity index (χ4n) is 7.86. The zero-order valence-corrected chi connectivity index (χ0v) is 37.7. The lowest BCUT2D eigenvalue weighted by atomic mass is 9.88. The highest BCUT2D eigenvalue weighted by Crippen LogP contribution is 2.47. The Hall–Kier alpha value is -7.36. The summed E-state index contributed by atoms with van der Waals surface area (Å²) >= 11 is 0. The largest absolute Gasteiger partial charge is 0.426 e. The first-order valence-corrected chi connectivity index (χ1v) is 20.0. The maximum atomic E-state index is 12.7. The number of hydrogen-bond donors (Lipinski definition) is 0. The molecule has 4 aromatic carbocycles. The van der Waals surface area contributed by atoms with Crippen molar-refractivity contribution >= 4 is 47.8 Å². The maximum Gasteiger partial charge on any atom is 0.308 e. The van der Waals surface area contributed by atoms with Gasteiger partial charge in [0.2, 0.25) is 0 Å². The van der Waals surface area contributed by atoms with Gasteiger partial charge in [0.1, 0.15) is 46.0 Å². The molecule has 0 radical (unpaired) electrons. The van der Waals surface area contributed by atoms with Gasteiger partial charge in [-0.3, -0.25) is 38.4 Å². The molecule has 0 aromatic heterocycles. The van der Waals surface area contributed by atoms with Gasteiger partial charge in [-0.1, -0.05) is 0 Å². The molecule has 16 heteroatoms. The average molecular weight is 881 g/mol. The van der Waals surface area contributed by atoms with Crippen LogP contribution in [0, 0.1) is 27.7 Å². The zero-order valence-electron chi connectivity index (χ0n) is 37.7. The van der Waals surface area contributed by atoms with Gasteiger partial charge in [-0.25, -0.2) is 0 Å². The Morgan fingerprint density at radius 2 is 0.375 bits per heavy atom. The number of rotatable bonds is 8. The van der Waals surface area contributed by atoms with Gasteiger partial charge in [0.25, 0.3) is 0 Å². The van der Waals surface area contributed by atoms with E-state index in [4.69, 9.17) is 37.9 Å². The van der Waals surface area contributed by atoms with Crippen LogP contribution in [0.1, 0.15) is 122 Å². The van der Waals surface area contributed by atoms with Gasteiger partial charge in [0, 0.05) is 148 Å². The molecule has 0 saturated heterocycles. The van der Waals surface area contributed by atoms with Gasteiger partial charge >= 0.3 is 47.8 Å². The van der Waals surface area contributed by atoms with E-state index < -0.39 is 47.8 Å². The number of carbonyl (C=O) groups excluding carboxylic acids is 8. The first-order chi connectivity index (χ1) is 29.9. The summed E-state index contributed by atoms with van der Waals surface area (Å²) in [7, 11) is 0. The van der Waals surface area contributed by atoms with Crippen molar-refractivity contribution in [1.82, 2.24) is 0 Å². The van der Waals surface area contributed by atoms with Gasteiger partial charge < -0.3 is 37.9 Å². The lowest BCUT2D eigenvalue weighted by Gasteiger charge is -2.25. The molecule has 336 valence electrons. The summed E-state index contributed by atoms with van der Waals surface area (Å²) in [4.78, 5) is 102. The normalized spacial score (nSPS) is 11.7. The quantitative estimate of drug-likeness (QED) is 0.113. The topological polar surface area (TPSA) is 210 Å². The van der Waals surface area contributed by atoms with Crippen molar-refractivity contribution in [2.24, 2.45) is 0 Å². The Labute approximate surface area is 369 Å². The summed E-state index contributed by atoms with van der Waals surface area (Å²) in [6.45, 7) is 16.0. The lowest BCUT2D eigenvalue weighted by Crippen LogP contribution is -2.16. The summed E-state index contributed by atoms with van der Waals surface area (Å²) < 4.78 is 46.4. The first-order valence-electron chi connectivity index (χ1n) is 20.0. The minimum absolute atomic E-state index is 0.0337. The summed E-state index contributed by atoms with van der Waals surface area (Å²) in [6.07, 6.45) is -0.418. The molecule has 0 fully saturated rings. The molecule has 8 bridgehead atoms. The SMILES string of the molecule is CC(=O)Oc1c2cc(c(OC(C)=O)c1C)Cc1cc(c(OC(C)=O)c(C)c1OC(C)=O)Cc1cc(c(OC(C)=O)c(C)c1OC(C)=O)Cc1cc(c(OC(C)=O)c(C)c1OC(C)=O)C2. The van der Waals surface area contributed by atoms with Gasteiger partial charge in [-0.05, 0) is 52.0 Å². The van der Waals surface area contributed by atoms with Gasteiger partial charge in [0.15, 0.2) is 0 Å². The van der Waals surface area contributed by atoms with E-state index in [2.05, 4.69) is 0 Å². The molecule has 4 aromatic rings. The molecule has 0 amide bonds. The highest BCUT2D eigenvalue weighted by molar-refractivity contribution is 5.80. The van der Waals surface area contributed by atoms with E-state index >= 15 is 0 Å². The molecule has 1 aliphatic rings. The fraction of sp³-hybridized carbons (Fsp3) is 0.333. The number of ether oxygens (including phenoxy) is 8. The van der Waals surface area contributed by atoms with Crippen LogP contribution in [0.15, 0.2) is 24.3 Å². The first kappa shape index (κ1) is 47.7. The Bertz CT molecular complexity index is 2160. The molecule has 5 rings (SSSR count). The van der Waals surface area contributed by atoms with E-state index in [1.165, 1.54) is 55.4 Å². The monoisotopic (exact) mass is 880 g/mol. The average Bonchev–Trinajstić information content (AvgIpc) is 3.16. The Morgan fingerprint density at radius 3 is 0.469 bits per heavy atom. The van der Waals surface area contributed by atoms with Crippen LogP contribution >= 0.6 is 0 Å². The molecular formula is C48H48O16. The van der Waals surface area contributed by atoms with Crippen molar-refractivity contribution in [2.45, 2.75) is 109 Å². The van der Waals surface area contributed by atoms with Crippen LogP contribution in [-0.2, 0) is 64.0 Å². The van der Waals surface area contributed by atoms with E-state index in [1.807, 2.05) is 0 Å². The molecule has 0 N–H and O–H groups in total. The number of esters is 8. The Morgan fingerprint density at radius 1 is 0.266 bits per heavy atom. The third kappa shape index (κ3) is 10.8. The number of carbonyl (C=O) groups is 8. The van der Waals surface area contributed by atoms with Crippen molar-refractivity contribution in [3.05, 3.63) is 91.0 Å². The summed E-state index contributed by atoms with van der Waals surface area (Å²) in [5, 5.41) is 0. The highest BCUT2D eigenvalue weighted by Gasteiger charge is 2.30. The molecule has 0 spiro atoms. The minimum atomic E-state index is -0.699. The number of hydrogen-bond acceptors (Lipinski definition) is 16. The minimum Gasteiger partial charge on any atom is -0.426 e. The molecule has 0 heterocycles. The molecule has 1 aliphatic carbocycles. The van der Waals surface area contributed by atoms with Crippen LogP contribution < -0.4 is 37.9 Å². The van der Waals surface area contributed by atoms with Gasteiger partial charge in [-0.2, -0.15) is 0 Å². The molecule has 0 saturated carbocycles. The number of benzene rings is 4. The van der Waals surface area contributed by atoms with Crippen molar-refractivity contribution < 1.29 is 76.3 Å². The standard InChI is InChI=1S/C48H48O16/c1-21-41(57-25(5)49)33-13-34(42(21)58-26(6)50)18-36-15-38(46(62-30(10)54)23(3)44(36)60-28(8)52)20-40-16-39(47(63-31(11)55)24(4)48(40)64-32(12)56)19-37-14-35(17-33)43(59-27(7)51)22(2)45(37)61-29(9)53/h13-16H,17-20H2,1-12H3. The summed E-state index contributed by atoms with van der Waals surface area (Å²) in [6, 6.07) is 6.55. The molecular weight excluding hydrogens is 833 g/mol. The van der Waals surface area contributed by atoms with Crippen molar-refractivity contribution in [3.8, 4) is 46.0 Å². The maximum absolute atomic E-state index is 12.7. The van der Waals surface area contributed by atoms with Crippen molar-refractivity contribution in [1.29, 1.82) is 0 Å². The third-order valence-electron chi connectivity index (χ3n) is 9.94. The van der Waals surface area contributed by atoms with E-state index in [0.717, 1.165) is 0 Å². The molecule has 64 heavy (non-hydrogen) atoms. The van der Waals surface area contributed by atoms with E-state index in [9.17, 15) is 38.4 Å². The van der Waals surface area contributed by atoms with Crippen LogP contribution in [0.5, 0.6) is 46.0 Å². The van der Waals surface area contributed by atoms with Gasteiger partial charge in [0.05, 0.1) is 0 Å². The van der Waals surface area contributed by atoms with Crippen LogP contribution in [0.2, 0.25) is 0 Å². The zero-order chi connectivity index (χ0) is 47.5. The molecule has 0 atom stereocenters. The summed E-state index contributed by atoms with van der Waals surface area (Å²) in [5.74, 6) is -5.32. The highest BCUT2D eigenvalue weighted by atomic mass is 16.6. The van der Waals surface area contributed by atoms with Crippen LogP contribution in [0.25, 0.3) is 0 Å². The Balaban J connectivity index is 2.06. The Kier molecular flexibility index (Phi) is 14.4. The van der Waals surface area contributed by atoms with Crippen molar-refractivity contribution in [3.63, 3.8) is 0 Å². The number of fused-ring (bicyclic) bond motifs is 8. The lowest BCUT2D eigenvalue weighted by molar-refractivity contribution is -0.133. The molecule has 16 nitrogen and oxygen atoms in total. The predicted octanol–water partition coefficient (Wildman–Crippen LogP) is 7.00. The predicted molar refractivity (Wildman–Crippen MR) is 226 cm³/mol. The second-order valence-corrected chi connectivity index (χ2v) is 15.4. The third-order valence-corrected chi connectivity index (χ3v) is 9.94.